The molecule has 0 aliphatic rings. The van der Waals surface area contributed by atoms with E-state index in [1.54, 1.807) is 14.2 Å². The van der Waals surface area contributed by atoms with Crippen molar-refractivity contribution < 1.29 is 9.47 Å². The average molecular weight is 383 g/mol. The summed E-state index contributed by atoms with van der Waals surface area (Å²) < 4.78 is 12.3. The van der Waals surface area contributed by atoms with E-state index in [9.17, 15) is 0 Å². The van der Waals surface area contributed by atoms with E-state index in [2.05, 4.69) is 69.3 Å². The van der Waals surface area contributed by atoms with E-state index in [1.165, 1.54) is 55.2 Å². The van der Waals surface area contributed by atoms with E-state index < -0.39 is 5.79 Å². The molecule has 0 spiro atoms. The van der Waals surface area contributed by atoms with Crippen LogP contribution in [0.1, 0.15) is 80.0 Å². The van der Waals surface area contributed by atoms with E-state index in [1.807, 2.05) is 0 Å². The van der Waals surface area contributed by atoms with Crippen LogP contribution in [0.25, 0.3) is 0 Å². The first-order chi connectivity index (χ1) is 13.6. The molecule has 2 heteroatoms. The Labute approximate surface area is 172 Å². The van der Waals surface area contributed by atoms with Crippen molar-refractivity contribution in [1.82, 2.24) is 0 Å². The van der Waals surface area contributed by atoms with Crippen LogP contribution < -0.4 is 0 Å². The third-order valence-corrected chi connectivity index (χ3v) is 5.85. The zero-order valence-corrected chi connectivity index (χ0v) is 18.5. The highest BCUT2D eigenvalue weighted by Crippen LogP contribution is 2.44. The maximum absolute atomic E-state index is 6.13. The number of benzene rings is 2. The maximum atomic E-state index is 6.13. The molecule has 0 aliphatic carbocycles. The zero-order chi connectivity index (χ0) is 20.4. The van der Waals surface area contributed by atoms with Gasteiger partial charge in [0, 0.05) is 25.7 Å². The lowest BCUT2D eigenvalue weighted by Gasteiger charge is -2.39. The topological polar surface area (TPSA) is 18.5 Å². The maximum Gasteiger partial charge on any atom is 0.201 e. The van der Waals surface area contributed by atoms with Gasteiger partial charge in [-0.05, 0) is 25.8 Å². The fourth-order valence-electron chi connectivity index (χ4n) is 4.09. The number of aryl methyl sites for hydroxylation is 2. The van der Waals surface area contributed by atoms with Crippen molar-refractivity contribution >= 4 is 0 Å². The van der Waals surface area contributed by atoms with Crippen LogP contribution in [0.5, 0.6) is 0 Å². The van der Waals surface area contributed by atoms with Crippen molar-refractivity contribution in [2.24, 2.45) is 0 Å². The SMILES string of the molecule is CCCCCCCCC(c1ccc(C)cc1)C(OC)(OC)c1ccc(C)cc1. The number of unbranched alkanes of at least 4 members (excludes halogenated alkanes) is 5. The number of rotatable bonds is 12. The Kier molecular flexibility index (Phi) is 9.21. The number of methoxy groups -OCH3 is 2. The first-order valence-corrected chi connectivity index (χ1v) is 10.8. The van der Waals surface area contributed by atoms with Crippen molar-refractivity contribution in [1.29, 1.82) is 0 Å². The van der Waals surface area contributed by atoms with Crippen LogP contribution in [0.4, 0.5) is 0 Å². The molecular weight excluding hydrogens is 344 g/mol. The van der Waals surface area contributed by atoms with E-state index in [-0.39, 0.29) is 5.92 Å². The van der Waals surface area contributed by atoms with Crippen LogP contribution in [0.3, 0.4) is 0 Å². The van der Waals surface area contributed by atoms with Gasteiger partial charge in [-0.2, -0.15) is 0 Å². The second-order valence-electron chi connectivity index (χ2n) is 7.96. The fraction of sp³-hybridized carbons (Fsp3) is 0.538. The smallest absolute Gasteiger partial charge is 0.201 e. The number of ether oxygens (including phenoxy) is 2. The number of hydrogen-bond acceptors (Lipinski definition) is 2. The molecule has 0 amide bonds. The fourth-order valence-corrected chi connectivity index (χ4v) is 4.09. The Morgan fingerprint density at radius 1 is 0.714 bits per heavy atom. The summed E-state index contributed by atoms with van der Waals surface area (Å²) >= 11 is 0. The molecule has 1 unspecified atom stereocenters. The van der Waals surface area contributed by atoms with Gasteiger partial charge in [-0.25, -0.2) is 0 Å². The summed E-state index contributed by atoms with van der Waals surface area (Å²) in [4.78, 5) is 0. The Hall–Kier alpha value is -1.64. The molecule has 2 nitrogen and oxygen atoms in total. The van der Waals surface area contributed by atoms with Crippen molar-refractivity contribution in [3.05, 3.63) is 70.8 Å². The molecule has 0 saturated carbocycles. The van der Waals surface area contributed by atoms with E-state index in [0.29, 0.717) is 0 Å². The Balaban J connectivity index is 2.30. The predicted octanol–water partition coefficient (Wildman–Crippen LogP) is 7.28. The predicted molar refractivity (Wildman–Crippen MR) is 119 cm³/mol. The van der Waals surface area contributed by atoms with Crippen LogP contribution in [-0.4, -0.2) is 14.2 Å². The van der Waals surface area contributed by atoms with Gasteiger partial charge in [-0.15, -0.1) is 0 Å². The molecule has 0 aliphatic heterocycles. The van der Waals surface area contributed by atoms with E-state index in [4.69, 9.17) is 9.47 Å². The van der Waals surface area contributed by atoms with Crippen molar-refractivity contribution in [3.8, 4) is 0 Å². The van der Waals surface area contributed by atoms with Gasteiger partial charge in [0.2, 0.25) is 5.79 Å². The Morgan fingerprint density at radius 2 is 1.21 bits per heavy atom. The molecule has 0 saturated heterocycles. The zero-order valence-electron chi connectivity index (χ0n) is 18.5. The van der Waals surface area contributed by atoms with Crippen LogP contribution >= 0.6 is 0 Å². The normalized spacial score (nSPS) is 12.9. The second kappa shape index (κ2) is 11.4. The highest BCUT2D eigenvalue weighted by atomic mass is 16.7. The van der Waals surface area contributed by atoms with Gasteiger partial charge in [0.05, 0.1) is 0 Å². The lowest BCUT2D eigenvalue weighted by Crippen LogP contribution is -2.38. The van der Waals surface area contributed by atoms with E-state index in [0.717, 1.165) is 12.0 Å². The van der Waals surface area contributed by atoms with Crippen molar-refractivity contribution in [3.63, 3.8) is 0 Å². The molecule has 1 atom stereocenters. The molecule has 2 aromatic carbocycles. The molecule has 154 valence electrons. The summed E-state index contributed by atoms with van der Waals surface area (Å²) in [7, 11) is 3.54. The van der Waals surface area contributed by atoms with Gasteiger partial charge in [0.25, 0.3) is 0 Å². The van der Waals surface area contributed by atoms with Crippen LogP contribution in [-0.2, 0) is 15.3 Å². The molecule has 0 bridgehead atoms. The molecule has 0 fully saturated rings. The van der Waals surface area contributed by atoms with Gasteiger partial charge < -0.3 is 9.47 Å². The minimum Gasteiger partial charge on any atom is -0.349 e. The van der Waals surface area contributed by atoms with Crippen LogP contribution in [0.2, 0.25) is 0 Å². The first-order valence-electron chi connectivity index (χ1n) is 10.8. The Morgan fingerprint density at radius 3 is 1.75 bits per heavy atom. The molecular formula is C26H38O2. The van der Waals surface area contributed by atoms with Crippen molar-refractivity contribution in [2.75, 3.05) is 14.2 Å². The minimum atomic E-state index is -0.771. The van der Waals surface area contributed by atoms with Crippen molar-refractivity contribution in [2.45, 2.75) is 77.4 Å². The van der Waals surface area contributed by atoms with Gasteiger partial charge in [-0.1, -0.05) is 105 Å². The molecule has 0 heterocycles. The van der Waals surface area contributed by atoms with Crippen LogP contribution in [0.15, 0.2) is 48.5 Å². The summed E-state index contributed by atoms with van der Waals surface area (Å²) in [5.74, 6) is -0.621. The van der Waals surface area contributed by atoms with Gasteiger partial charge in [0.15, 0.2) is 0 Å². The summed E-state index contributed by atoms with van der Waals surface area (Å²) in [6.07, 6.45) is 8.77. The van der Waals surface area contributed by atoms with Gasteiger partial charge >= 0.3 is 0 Å². The molecule has 0 radical (unpaired) electrons. The van der Waals surface area contributed by atoms with Gasteiger partial charge in [-0.3, -0.25) is 0 Å². The lowest BCUT2D eigenvalue weighted by molar-refractivity contribution is -0.233. The third kappa shape index (κ3) is 5.68. The highest BCUT2D eigenvalue weighted by molar-refractivity contribution is 5.32. The van der Waals surface area contributed by atoms with E-state index >= 15 is 0 Å². The monoisotopic (exact) mass is 382 g/mol. The number of hydrogen-bond donors (Lipinski definition) is 0. The molecule has 2 aromatic rings. The minimum absolute atomic E-state index is 0.150. The summed E-state index contributed by atoms with van der Waals surface area (Å²) in [6, 6.07) is 17.4. The molecule has 0 N–H and O–H groups in total. The quantitative estimate of drug-likeness (QED) is 0.283. The summed E-state index contributed by atoms with van der Waals surface area (Å²) in [5, 5.41) is 0. The average Bonchev–Trinajstić information content (AvgIpc) is 2.72. The second-order valence-corrected chi connectivity index (χ2v) is 7.96. The third-order valence-electron chi connectivity index (χ3n) is 5.85. The molecule has 28 heavy (non-hydrogen) atoms. The first kappa shape index (κ1) is 22.6. The van der Waals surface area contributed by atoms with Gasteiger partial charge in [0.1, 0.15) is 0 Å². The lowest BCUT2D eigenvalue weighted by atomic mass is 9.81. The molecule has 0 aromatic heterocycles. The highest BCUT2D eigenvalue weighted by Gasteiger charge is 2.41. The molecule has 2 rings (SSSR count). The summed E-state index contributed by atoms with van der Waals surface area (Å²) in [5.41, 5.74) is 4.88. The Bertz CT molecular complexity index is 669. The van der Waals surface area contributed by atoms with Crippen LogP contribution in [0, 0.1) is 13.8 Å². The largest absolute Gasteiger partial charge is 0.349 e. The standard InChI is InChI=1S/C26H38O2/c1-6-7-8-9-10-11-12-25(23-17-13-21(2)14-18-23)26(27-4,28-5)24-19-15-22(3)16-20-24/h13-20,25H,6-12H2,1-5H3. The summed E-state index contributed by atoms with van der Waals surface area (Å²) in [6.45, 7) is 6.51.